The van der Waals surface area contributed by atoms with Crippen molar-refractivity contribution in [3.05, 3.63) is 52.3 Å². The number of carboxylic acids is 1. The first-order valence-electron chi connectivity index (χ1n) is 6.31. The maximum absolute atomic E-state index is 10.6. The van der Waals surface area contributed by atoms with Gasteiger partial charge in [-0.2, -0.15) is 0 Å². The molecule has 3 N–H and O–H groups in total. The van der Waals surface area contributed by atoms with Gasteiger partial charge in [0.15, 0.2) is 0 Å². The first kappa shape index (κ1) is 12.7. The van der Waals surface area contributed by atoms with Gasteiger partial charge in [0.05, 0.1) is 6.42 Å². The third kappa shape index (κ3) is 2.83. The number of rotatable bonds is 5. The standard InChI is InChI=1S/C15H14N2O2S/c18-15(19)8-12-2-3-13(20-12)9-17-11-1-4-14-10(7-11)5-6-16-14/h1-7,16-17H,8-9H2,(H,18,19). The topological polar surface area (TPSA) is 65.1 Å². The lowest BCUT2D eigenvalue weighted by molar-refractivity contribution is -0.136. The van der Waals surface area contributed by atoms with Crippen LogP contribution in [0.15, 0.2) is 42.6 Å². The highest BCUT2D eigenvalue weighted by molar-refractivity contribution is 7.12. The van der Waals surface area contributed by atoms with E-state index in [1.165, 1.54) is 16.7 Å². The van der Waals surface area contributed by atoms with Crippen molar-refractivity contribution in [2.24, 2.45) is 0 Å². The van der Waals surface area contributed by atoms with E-state index in [9.17, 15) is 4.79 Å². The minimum atomic E-state index is -0.788. The Labute approximate surface area is 120 Å². The summed E-state index contributed by atoms with van der Waals surface area (Å²) in [6, 6.07) is 12.1. The number of hydrogen-bond acceptors (Lipinski definition) is 3. The highest BCUT2D eigenvalue weighted by Gasteiger charge is 2.04. The van der Waals surface area contributed by atoms with E-state index < -0.39 is 5.97 Å². The van der Waals surface area contributed by atoms with Crippen molar-refractivity contribution in [1.29, 1.82) is 0 Å². The van der Waals surface area contributed by atoms with Crippen molar-refractivity contribution in [1.82, 2.24) is 4.98 Å². The molecule has 3 rings (SSSR count). The first-order valence-corrected chi connectivity index (χ1v) is 7.13. The van der Waals surface area contributed by atoms with Gasteiger partial charge in [0.1, 0.15) is 0 Å². The Hall–Kier alpha value is -2.27. The lowest BCUT2D eigenvalue weighted by Crippen LogP contribution is -1.98. The van der Waals surface area contributed by atoms with E-state index in [0.717, 1.165) is 21.0 Å². The molecular weight excluding hydrogens is 272 g/mol. The molecule has 102 valence electrons. The van der Waals surface area contributed by atoms with Crippen LogP contribution in [0.25, 0.3) is 10.9 Å². The van der Waals surface area contributed by atoms with Gasteiger partial charge >= 0.3 is 5.97 Å². The second-order valence-corrected chi connectivity index (χ2v) is 5.82. The van der Waals surface area contributed by atoms with Crippen LogP contribution in [0.3, 0.4) is 0 Å². The number of anilines is 1. The van der Waals surface area contributed by atoms with E-state index in [2.05, 4.69) is 16.4 Å². The van der Waals surface area contributed by atoms with Crippen molar-refractivity contribution >= 4 is 33.9 Å². The average molecular weight is 286 g/mol. The van der Waals surface area contributed by atoms with Crippen LogP contribution < -0.4 is 5.32 Å². The van der Waals surface area contributed by atoms with Crippen LogP contribution in [0, 0.1) is 0 Å². The van der Waals surface area contributed by atoms with E-state index in [4.69, 9.17) is 5.11 Å². The number of thiophene rings is 1. The van der Waals surface area contributed by atoms with Crippen LogP contribution in [0.4, 0.5) is 5.69 Å². The summed E-state index contributed by atoms with van der Waals surface area (Å²) in [6.07, 6.45) is 2.02. The summed E-state index contributed by atoms with van der Waals surface area (Å²) in [5.41, 5.74) is 2.18. The van der Waals surface area contributed by atoms with Gasteiger partial charge in [-0.05, 0) is 36.4 Å². The van der Waals surface area contributed by atoms with Crippen molar-refractivity contribution in [3.63, 3.8) is 0 Å². The van der Waals surface area contributed by atoms with E-state index in [1.807, 2.05) is 36.5 Å². The van der Waals surface area contributed by atoms with Crippen LogP contribution in [0.1, 0.15) is 9.75 Å². The maximum Gasteiger partial charge on any atom is 0.308 e. The fraction of sp³-hybridized carbons (Fsp3) is 0.133. The van der Waals surface area contributed by atoms with Crippen molar-refractivity contribution in [2.75, 3.05) is 5.32 Å². The Morgan fingerprint density at radius 1 is 1.20 bits per heavy atom. The zero-order valence-electron chi connectivity index (χ0n) is 10.7. The third-order valence-corrected chi connectivity index (χ3v) is 4.15. The number of fused-ring (bicyclic) bond motifs is 1. The molecule has 0 fully saturated rings. The molecule has 4 nitrogen and oxygen atoms in total. The summed E-state index contributed by atoms with van der Waals surface area (Å²) in [4.78, 5) is 15.8. The predicted molar refractivity (Wildman–Crippen MR) is 81.3 cm³/mol. The molecular formula is C15H14N2O2S. The van der Waals surface area contributed by atoms with Crippen LogP contribution >= 0.6 is 11.3 Å². The summed E-state index contributed by atoms with van der Waals surface area (Å²) in [5, 5.41) is 13.3. The highest BCUT2D eigenvalue weighted by atomic mass is 32.1. The monoisotopic (exact) mass is 286 g/mol. The molecule has 0 saturated carbocycles. The summed E-state index contributed by atoms with van der Waals surface area (Å²) in [7, 11) is 0. The normalized spacial score (nSPS) is 10.8. The molecule has 0 aliphatic carbocycles. The molecule has 20 heavy (non-hydrogen) atoms. The van der Waals surface area contributed by atoms with Gasteiger partial charge in [0.25, 0.3) is 0 Å². The van der Waals surface area contributed by atoms with Crippen LogP contribution in [0.2, 0.25) is 0 Å². The Morgan fingerprint density at radius 3 is 2.90 bits per heavy atom. The Morgan fingerprint density at radius 2 is 2.05 bits per heavy atom. The number of aromatic nitrogens is 1. The molecule has 0 unspecified atom stereocenters. The van der Waals surface area contributed by atoms with Gasteiger partial charge in [-0.15, -0.1) is 11.3 Å². The molecule has 0 aliphatic rings. The molecule has 3 aromatic rings. The smallest absolute Gasteiger partial charge is 0.308 e. The van der Waals surface area contributed by atoms with Gasteiger partial charge < -0.3 is 15.4 Å². The molecule has 0 bridgehead atoms. The maximum atomic E-state index is 10.6. The quantitative estimate of drug-likeness (QED) is 0.673. The Balaban J connectivity index is 1.66. The van der Waals surface area contributed by atoms with Gasteiger partial charge in [0.2, 0.25) is 0 Å². The van der Waals surface area contributed by atoms with E-state index >= 15 is 0 Å². The molecule has 0 aliphatic heterocycles. The average Bonchev–Trinajstić information content (AvgIpc) is 3.03. The van der Waals surface area contributed by atoms with Gasteiger partial charge in [-0.1, -0.05) is 0 Å². The minimum Gasteiger partial charge on any atom is -0.481 e. The lowest BCUT2D eigenvalue weighted by Gasteiger charge is -2.04. The molecule has 5 heteroatoms. The van der Waals surface area contributed by atoms with Crippen molar-refractivity contribution in [2.45, 2.75) is 13.0 Å². The summed E-state index contributed by atoms with van der Waals surface area (Å²) < 4.78 is 0. The second kappa shape index (κ2) is 5.38. The van der Waals surface area contributed by atoms with Crippen molar-refractivity contribution in [3.8, 4) is 0 Å². The number of nitrogens with one attached hydrogen (secondary N) is 2. The van der Waals surface area contributed by atoms with Crippen LogP contribution in [-0.4, -0.2) is 16.1 Å². The van der Waals surface area contributed by atoms with Crippen LogP contribution in [-0.2, 0) is 17.8 Å². The fourth-order valence-electron chi connectivity index (χ4n) is 2.11. The first-order chi connectivity index (χ1) is 9.70. The number of aliphatic carboxylic acids is 1. The van der Waals surface area contributed by atoms with Gasteiger partial charge in [0, 0.05) is 39.1 Å². The highest BCUT2D eigenvalue weighted by Crippen LogP contribution is 2.21. The molecule has 0 spiro atoms. The van der Waals surface area contributed by atoms with Crippen LogP contribution in [0.5, 0.6) is 0 Å². The summed E-state index contributed by atoms with van der Waals surface area (Å²) in [5.74, 6) is -0.788. The number of benzene rings is 1. The number of hydrogen-bond donors (Lipinski definition) is 3. The van der Waals surface area contributed by atoms with E-state index in [0.29, 0.717) is 6.54 Å². The number of carboxylic acid groups (broad SMARTS) is 1. The Bertz CT molecular complexity index is 745. The molecule has 0 atom stereocenters. The summed E-state index contributed by atoms with van der Waals surface area (Å²) >= 11 is 1.54. The zero-order valence-corrected chi connectivity index (χ0v) is 11.5. The molecule has 0 radical (unpaired) electrons. The largest absolute Gasteiger partial charge is 0.481 e. The van der Waals surface area contributed by atoms with E-state index in [1.54, 1.807) is 0 Å². The lowest BCUT2D eigenvalue weighted by atomic mass is 10.2. The van der Waals surface area contributed by atoms with Crippen molar-refractivity contribution < 1.29 is 9.90 Å². The van der Waals surface area contributed by atoms with Gasteiger partial charge in [-0.3, -0.25) is 4.79 Å². The third-order valence-electron chi connectivity index (χ3n) is 3.06. The fourth-order valence-corrected chi connectivity index (χ4v) is 3.06. The van der Waals surface area contributed by atoms with Gasteiger partial charge in [-0.25, -0.2) is 0 Å². The number of aromatic amines is 1. The molecule has 0 saturated heterocycles. The molecule has 2 aromatic heterocycles. The number of carbonyl (C=O) groups is 1. The molecule has 0 amide bonds. The Kier molecular flexibility index (Phi) is 3.43. The molecule has 1 aromatic carbocycles. The SMILES string of the molecule is O=C(O)Cc1ccc(CNc2ccc3[nH]ccc3c2)s1. The summed E-state index contributed by atoms with van der Waals surface area (Å²) in [6.45, 7) is 0.709. The van der Waals surface area contributed by atoms with E-state index in [-0.39, 0.29) is 6.42 Å². The molecule has 2 heterocycles. The minimum absolute atomic E-state index is 0.0972. The zero-order chi connectivity index (χ0) is 13.9. The predicted octanol–water partition coefficient (Wildman–Crippen LogP) is 3.47. The second-order valence-electron chi connectivity index (χ2n) is 4.57. The number of H-pyrrole nitrogens is 1.